The molecule has 1 amide bonds. The van der Waals surface area contributed by atoms with Crippen molar-refractivity contribution in [1.82, 2.24) is 9.78 Å². The zero-order chi connectivity index (χ0) is 15.4. The fourth-order valence-electron chi connectivity index (χ4n) is 1.84. The summed E-state index contributed by atoms with van der Waals surface area (Å²) in [7, 11) is 0. The molecule has 0 bridgehead atoms. The molecule has 0 spiro atoms. The van der Waals surface area contributed by atoms with Crippen molar-refractivity contribution in [2.75, 3.05) is 5.32 Å². The van der Waals surface area contributed by atoms with Crippen molar-refractivity contribution in [3.05, 3.63) is 46.7 Å². The van der Waals surface area contributed by atoms with Crippen LogP contribution in [0, 0.1) is 6.92 Å². The molecule has 0 atom stereocenters. The van der Waals surface area contributed by atoms with Crippen molar-refractivity contribution in [2.45, 2.75) is 26.8 Å². The second kappa shape index (κ2) is 6.54. The maximum Gasteiger partial charge on any atom is 0.226 e. The second-order valence-corrected chi connectivity index (χ2v) is 5.16. The number of rotatable bonds is 5. The molecule has 0 saturated heterocycles. The van der Waals surface area contributed by atoms with Gasteiger partial charge in [-0.05, 0) is 38.1 Å². The van der Waals surface area contributed by atoms with E-state index in [4.69, 9.17) is 11.6 Å². The SMILES string of the molecule is CC(=O)c1ccc(NC(=O)CCn2cc(Cl)c(C)n2)cc1. The van der Waals surface area contributed by atoms with Crippen LogP contribution < -0.4 is 5.32 Å². The molecule has 0 aliphatic carbocycles. The molecule has 2 rings (SSSR count). The van der Waals surface area contributed by atoms with Crippen LogP contribution in [0.1, 0.15) is 29.4 Å². The Hall–Kier alpha value is -2.14. The molecule has 21 heavy (non-hydrogen) atoms. The lowest BCUT2D eigenvalue weighted by molar-refractivity contribution is -0.116. The molecular formula is C15H16ClN3O2. The highest BCUT2D eigenvalue weighted by atomic mass is 35.5. The predicted octanol–water partition coefficient (Wildman–Crippen LogP) is 3.08. The third-order valence-corrected chi connectivity index (χ3v) is 3.40. The third-order valence-electron chi connectivity index (χ3n) is 3.03. The topological polar surface area (TPSA) is 64.0 Å². The summed E-state index contributed by atoms with van der Waals surface area (Å²) in [5, 5.41) is 7.56. The Balaban J connectivity index is 1.88. The van der Waals surface area contributed by atoms with Crippen molar-refractivity contribution in [3.63, 3.8) is 0 Å². The van der Waals surface area contributed by atoms with E-state index in [9.17, 15) is 9.59 Å². The summed E-state index contributed by atoms with van der Waals surface area (Å²) in [5.74, 6) is -0.117. The molecule has 5 nitrogen and oxygen atoms in total. The van der Waals surface area contributed by atoms with Gasteiger partial charge in [-0.3, -0.25) is 14.3 Å². The van der Waals surface area contributed by atoms with E-state index in [-0.39, 0.29) is 11.7 Å². The minimum Gasteiger partial charge on any atom is -0.326 e. The van der Waals surface area contributed by atoms with Gasteiger partial charge in [-0.2, -0.15) is 5.10 Å². The minimum absolute atomic E-state index is 0.00110. The molecule has 1 heterocycles. The Morgan fingerprint density at radius 1 is 1.29 bits per heavy atom. The smallest absolute Gasteiger partial charge is 0.226 e. The highest BCUT2D eigenvalue weighted by molar-refractivity contribution is 6.31. The number of nitrogens with zero attached hydrogens (tertiary/aromatic N) is 2. The highest BCUT2D eigenvalue weighted by Crippen LogP contribution is 2.13. The number of hydrogen-bond acceptors (Lipinski definition) is 3. The first-order valence-electron chi connectivity index (χ1n) is 6.56. The molecular weight excluding hydrogens is 290 g/mol. The number of benzene rings is 1. The number of halogens is 1. The Bertz CT molecular complexity index is 643. The van der Waals surface area contributed by atoms with Gasteiger partial charge in [0, 0.05) is 30.4 Å². The van der Waals surface area contributed by atoms with Gasteiger partial charge in [0.05, 0.1) is 10.7 Å². The number of anilines is 1. The van der Waals surface area contributed by atoms with E-state index in [0.29, 0.717) is 29.2 Å². The Labute approximate surface area is 127 Å². The van der Waals surface area contributed by atoms with Gasteiger partial charge in [-0.1, -0.05) is 11.6 Å². The van der Waals surface area contributed by atoms with Gasteiger partial charge in [-0.25, -0.2) is 0 Å². The maximum absolute atomic E-state index is 11.8. The number of aryl methyl sites for hydroxylation is 2. The zero-order valence-electron chi connectivity index (χ0n) is 11.9. The van der Waals surface area contributed by atoms with Crippen molar-refractivity contribution in [2.24, 2.45) is 0 Å². The van der Waals surface area contributed by atoms with Crippen LogP contribution in [0.3, 0.4) is 0 Å². The third kappa shape index (κ3) is 4.16. The van der Waals surface area contributed by atoms with Crippen LogP contribution in [0.25, 0.3) is 0 Å². The molecule has 0 aliphatic heterocycles. The zero-order valence-corrected chi connectivity index (χ0v) is 12.6. The van der Waals surface area contributed by atoms with Gasteiger partial charge < -0.3 is 5.32 Å². The molecule has 0 unspecified atom stereocenters. The molecule has 1 aromatic heterocycles. The first kappa shape index (κ1) is 15.3. The average molecular weight is 306 g/mol. The van der Waals surface area contributed by atoms with Crippen LogP contribution in [0.15, 0.2) is 30.5 Å². The summed E-state index contributed by atoms with van der Waals surface area (Å²) in [5.41, 5.74) is 2.03. The van der Waals surface area contributed by atoms with Crippen LogP contribution in [-0.4, -0.2) is 21.5 Å². The van der Waals surface area contributed by atoms with Crippen molar-refractivity contribution < 1.29 is 9.59 Å². The fourth-order valence-corrected chi connectivity index (χ4v) is 1.99. The monoisotopic (exact) mass is 305 g/mol. The van der Waals surface area contributed by atoms with Crippen molar-refractivity contribution >= 4 is 29.0 Å². The quantitative estimate of drug-likeness (QED) is 0.863. The fraction of sp³-hybridized carbons (Fsp3) is 0.267. The van der Waals surface area contributed by atoms with E-state index in [1.165, 1.54) is 6.92 Å². The lowest BCUT2D eigenvalue weighted by Gasteiger charge is -2.06. The lowest BCUT2D eigenvalue weighted by atomic mass is 10.1. The van der Waals surface area contributed by atoms with Crippen LogP contribution >= 0.6 is 11.6 Å². The van der Waals surface area contributed by atoms with Gasteiger partial charge in [0.25, 0.3) is 0 Å². The molecule has 0 saturated carbocycles. The van der Waals surface area contributed by atoms with Gasteiger partial charge in [0.1, 0.15) is 0 Å². The predicted molar refractivity (Wildman–Crippen MR) is 81.7 cm³/mol. The highest BCUT2D eigenvalue weighted by Gasteiger charge is 2.06. The summed E-state index contributed by atoms with van der Waals surface area (Å²) in [6.07, 6.45) is 2.00. The molecule has 110 valence electrons. The number of hydrogen-bond donors (Lipinski definition) is 1. The molecule has 1 aromatic carbocycles. The van der Waals surface area contributed by atoms with Gasteiger partial charge in [0.2, 0.25) is 5.91 Å². The van der Waals surface area contributed by atoms with Gasteiger partial charge >= 0.3 is 0 Å². The standard InChI is InChI=1S/C15H16ClN3O2/c1-10-14(16)9-19(18-10)8-7-15(21)17-13-5-3-12(4-6-13)11(2)20/h3-6,9H,7-8H2,1-2H3,(H,17,21). The van der Waals surface area contributed by atoms with E-state index in [0.717, 1.165) is 5.69 Å². The largest absolute Gasteiger partial charge is 0.326 e. The number of carbonyl (C=O) groups excluding carboxylic acids is 2. The molecule has 0 radical (unpaired) electrons. The summed E-state index contributed by atoms with van der Waals surface area (Å²) < 4.78 is 1.65. The Morgan fingerprint density at radius 2 is 1.95 bits per heavy atom. The normalized spacial score (nSPS) is 10.4. The lowest BCUT2D eigenvalue weighted by Crippen LogP contribution is -2.14. The Kier molecular flexibility index (Phi) is 4.75. The van der Waals surface area contributed by atoms with E-state index < -0.39 is 0 Å². The minimum atomic E-state index is -0.116. The average Bonchev–Trinajstić information content (AvgIpc) is 2.76. The molecule has 1 N–H and O–H groups in total. The van der Waals surface area contributed by atoms with Gasteiger partial charge in [-0.15, -0.1) is 0 Å². The van der Waals surface area contributed by atoms with E-state index in [1.807, 2.05) is 6.92 Å². The van der Waals surface area contributed by atoms with Crippen LogP contribution in [-0.2, 0) is 11.3 Å². The summed E-state index contributed by atoms with van der Waals surface area (Å²) in [4.78, 5) is 23.0. The van der Waals surface area contributed by atoms with Crippen LogP contribution in [0.4, 0.5) is 5.69 Å². The number of nitrogens with one attached hydrogen (secondary N) is 1. The number of Topliss-reactive ketones (excluding diaryl/α,β-unsaturated/α-hetero) is 1. The number of amides is 1. The molecule has 6 heteroatoms. The summed E-state index contributed by atoms with van der Waals surface area (Å²) >= 11 is 5.90. The second-order valence-electron chi connectivity index (χ2n) is 4.76. The first-order valence-corrected chi connectivity index (χ1v) is 6.94. The van der Waals surface area contributed by atoms with E-state index >= 15 is 0 Å². The Morgan fingerprint density at radius 3 is 2.48 bits per heavy atom. The molecule has 2 aromatic rings. The molecule has 0 fully saturated rings. The number of ketones is 1. The molecule has 0 aliphatic rings. The van der Waals surface area contributed by atoms with Crippen LogP contribution in [0.5, 0.6) is 0 Å². The first-order chi connectivity index (χ1) is 9.95. The van der Waals surface area contributed by atoms with Gasteiger partial charge in [0.15, 0.2) is 5.78 Å². The van der Waals surface area contributed by atoms with E-state index in [1.54, 1.807) is 35.1 Å². The van der Waals surface area contributed by atoms with Crippen molar-refractivity contribution in [1.29, 1.82) is 0 Å². The summed E-state index contributed by atoms with van der Waals surface area (Å²) in [6, 6.07) is 6.80. The maximum atomic E-state index is 11.8. The van der Waals surface area contributed by atoms with E-state index in [2.05, 4.69) is 10.4 Å². The summed E-state index contributed by atoms with van der Waals surface area (Å²) in [6.45, 7) is 3.78. The number of aromatic nitrogens is 2. The van der Waals surface area contributed by atoms with Crippen molar-refractivity contribution in [3.8, 4) is 0 Å². The van der Waals surface area contributed by atoms with Crippen LogP contribution in [0.2, 0.25) is 5.02 Å². The number of carbonyl (C=O) groups is 2.